The first-order valence-corrected chi connectivity index (χ1v) is 10.3. The number of nitriles is 1. The van der Waals surface area contributed by atoms with Gasteiger partial charge in [0.15, 0.2) is 0 Å². The highest BCUT2D eigenvalue weighted by atomic mass is 35.5. The molecule has 0 aromatic carbocycles. The van der Waals surface area contributed by atoms with Crippen LogP contribution in [0.3, 0.4) is 0 Å². The van der Waals surface area contributed by atoms with Gasteiger partial charge in [0.1, 0.15) is 16.7 Å². The molecular weight excluding hydrogens is 380 g/mol. The Morgan fingerprint density at radius 3 is 2.41 bits per heavy atom. The summed E-state index contributed by atoms with van der Waals surface area (Å²) < 4.78 is 0. The van der Waals surface area contributed by atoms with Crippen LogP contribution in [-0.4, -0.2) is 28.0 Å². The van der Waals surface area contributed by atoms with Gasteiger partial charge in [0.2, 0.25) is 0 Å². The lowest BCUT2D eigenvalue weighted by Gasteiger charge is -2.39. The Morgan fingerprint density at radius 1 is 1.07 bits per heavy atom. The van der Waals surface area contributed by atoms with E-state index in [-0.39, 0.29) is 0 Å². The van der Waals surface area contributed by atoms with Crippen molar-refractivity contribution in [2.24, 2.45) is 5.41 Å². The topological polar surface area (TPSA) is 91.7 Å². The quantitative estimate of drug-likeness (QED) is 0.804. The average molecular weight is 403 g/mol. The molecule has 6 nitrogen and oxygen atoms in total. The molecule has 2 N–H and O–H groups in total. The molecule has 1 aliphatic carbocycles. The van der Waals surface area contributed by atoms with Gasteiger partial charge in [-0.1, -0.05) is 36.2 Å². The number of nitrogens with zero attached hydrogens (tertiary/aromatic N) is 5. The van der Waals surface area contributed by atoms with Gasteiger partial charge in [0.05, 0.1) is 17.4 Å². The highest BCUT2D eigenvalue weighted by Crippen LogP contribution is 2.46. The molecule has 4 rings (SSSR count). The van der Waals surface area contributed by atoms with Gasteiger partial charge in [-0.2, -0.15) is 0 Å². The number of hydrogen-bond donors (Lipinski definition) is 1. The molecule has 27 heavy (non-hydrogen) atoms. The summed E-state index contributed by atoms with van der Waals surface area (Å²) in [6.07, 6.45) is 13.6. The zero-order chi connectivity index (χ0) is 19.3. The zero-order valence-corrected chi connectivity index (χ0v) is 16.7. The molecule has 8 heteroatoms. The fraction of sp³-hybridized carbons (Fsp3) is 0.474. The van der Waals surface area contributed by atoms with E-state index in [4.69, 9.17) is 22.6 Å². The summed E-state index contributed by atoms with van der Waals surface area (Å²) in [6, 6.07) is 1.84. The first-order valence-electron chi connectivity index (χ1n) is 9.06. The van der Waals surface area contributed by atoms with Crippen LogP contribution < -0.4 is 10.6 Å². The molecule has 2 fully saturated rings. The predicted molar refractivity (Wildman–Crippen MR) is 109 cm³/mol. The van der Waals surface area contributed by atoms with Crippen molar-refractivity contribution in [2.75, 3.05) is 23.7 Å². The Balaban J connectivity index is 0.00000102. The molecule has 2 aromatic heterocycles. The van der Waals surface area contributed by atoms with E-state index in [1.165, 1.54) is 50.3 Å². The first-order chi connectivity index (χ1) is 13.2. The monoisotopic (exact) mass is 402 g/mol. The summed E-state index contributed by atoms with van der Waals surface area (Å²) in [5, 5.41) is 7.77. The van der Waals surface area contributed by atoms with Crippen molar-refractivity contribution < 1.29 is 0 Å². The number of piperidine rings is 1. The van der Waals surface area contributed by atoms with E-state index >= 15 is 0 Å². The molecule has 1 saturated heterocycles. The normalized spacial score (nSPS) is 18.1. The Labute approximate surface area is 169 Å². The molecule has 2 aliphatic rings. The maximum atomic E-state index is 6.50. The summed E-state index contributed by atoms with van der Waals surface area (Å²) in [7, 11) is 0. The SMILES string of the molecule is C#N.Nc1nccc(Sc2cnc(N3CCC4(CCCC4)CC3)cn2)c1Cl. The van der Waals surface area contributed by atoms with Crippen molar-refractivity contribution >= 4 is 35.0 Å². The molecular formula is C19H23ClN6S. The largest absolute Gasteiger partial charge is 0.382 e. The maximum Gasteiger partial charge on any atom is 0.147 e. The van der Waals surface area contributed by atoms with Crippen LogP contribution in [0.4, 0.5) is 11.6 Å². The molecule has 142 valence electrons. The van der Waals surface area contributed by atoms with E-state index < -0.39 is 0 Å². The minimum Gasteiger partial charge on any atom is -0.382 e. The highest BCUT2D eigenvalue weighted by Gasteiger charge is 2.37. The number of halogens is 1. The third-order valence-corrected chi connectivity index (χ3v) is 7.01. The van der Waals surface area contributed by atoms with Gasteiger partial charge in [-0.05, 0) is 37.2 Å². The second-order valence-corrected chi connectivity index (χ2v) is 8.46. The van der Waals surface area contributed by atoms with E-state index in [9.17, 15) is 0 Å². The van der Waals surface area contributed by atoms with Crippen LogP contribution >= 0.6 is 23.4 Å². The lowest BCUT2D eigenvalue weighted by Crippen LogP contribution is -2.39. The molecule has 1 saturated carbocycles. The zero-order valence-electron chi connectivity index (χ0n) is 15.1. The minimum atomic E-state index is 0.338. The van der Waals surface area contributed by atoms with Crippen LogP contribution in [0.15, 0.2) is 34.6 Å². The second-order valence-electron chi connectivity index (χ2n) is 7.02. The number of nitrogen functional groups attached to an aromatic ring is 1. The molecule has 1 aliphatic heterocycles. The fourth-order valence-corrected chi connectivity index (χ4v) is 4.98. The lowest BCUT2D eigenvalue weighted by atomic mass is 9.77. The highest BCUT2D eigenvalue weighted by molar-refractivity contribution is 7.99. The number of anilines is 2. The summed E-state index contributed by atoms with van der Waals surface area (Å²) in [5.74, 6) is 1.31. The minimum absolute atomic E-state index is 0.338. The van der Waals surface area contributed by atoms with E-state index in [0.29, 0.717) is 16.3 Å². The van der Waals surface area contributed by atoms with Crippen LogP contribution in [0.2, 0.25) is 5.02 Å². The maximum absolute atomic E-state index is 6.50. The molecule has 2 aromatic rings. The third kappa shape index (κ3) is 4.45. The summed E-state index contributed by atoms with van der Waals surface area (Å²) in [6.45, 7) is 5.68. The Kier molecular flexibility index (Phi) is 6.40. The van der Waals surface area contributed by atoms with E-state index in [1.54, 1.807) is 6.20 Å². The van der Waals surface area contributed by atoms with Gasteiger partial charge in [0.25, 0.3) is 0 Å². The van der Waals surface area contributed by atoms with Gasteiger partial charge in [-0.15, -0.1) is 0 Å². The molecule has 0 radical (unpaired) electrons. The molecule has 3 heterocycles. The van der Waals surface area contributed by atoms with Crippen molar-refractivity contribution in [3.8, 4) is 6.57 Å². The van der Waals surface area contributed by atoms with Crippen molar-refractivity contribution in [1.82, 2.24) is 15.0 Å². The molecule has 1 spiro atoms. The number of aromatic nitrogens is 3. The summed E-state index contributed by atoms with van der Waals surface area (Å²) in [4.78, 5) is 16.4. The van der Waals surface area contributed by atoms with Crippen molar-refractivity contribution in [3.05, 3.63) is 29.7 Å². The number of pyridine rings is 1. The van der Waals surface area contributed by atoms with E-state index in [1.807, 2.05) is 18.5 Å². The standard InChI is InChI=1S/C18H22ClN5S.CHN/c19-16-13(3-8-21-17(16)20)25-15-12-22-14(11-23-15)24-9-6-18(7-10-24)4-1-2-5-18;1-2/h3,8,11-12H,1-2,4-7,9-10H2,(H2,20,21);1H. The molecule has 0 bridgehead atoms. The number of nitrogens with two attached hydrogens (primary N) is 1. The number of rotatable bonds is 3. The van der Waals surface area contributed by atoms with Crippen molar-refractivity contribution in [3.63, 3.8) is 0 Å². The summed E-state index contributed by atoms with van der Waals surface area (Å²) in [5.41, 5.74) is 6.37. The van der Waals surface area contributed by atoms with Crippen LogP contribution in [0, 0.1) is 17.2 Å². The van der Waals surface area contributed by atoms with Crippen LogP contribution in [0.25, 0.3) is 0 Å². The van der Waals surface area contributed by atoms with Gasteiger partial charge < -0.3 is 10.6 Å². The van der Waals surface area contributed by atoms with E-state index in [2.05, 4.69) is 26.4 Å². The van der Waals surface area contributed by atoms with Gasteiger partial charge in [-0.25, -0.2) is 20.2 Å². The van der Waals surface area contributed by atoms with Gasteiger partial charge in [0, 0.05) is 30.8 Å². The van der Waals surface area contributed by atoms with Crippen molar-refractivity contribution in [1.29, 1.82) is 5.26 Å². The first kappa shape index (κ1) is 19.7. The molecule has 0 unspecified atom stereocenters. The second kappa shape index (κ2) is 8.77. The number of hydrogen-bond acceptors (Lipinski definition) is 7. The smallest absolute Gasteiger partial charge is 0.147 e. The lowest BCUT2D eigenvalue weighted by molar-refractivity contribution is 0.226. The van der Waals surface area contributed by atoms with Crippen LogP contribution in [0.5, 0.6) is 0 Å². The van der Waals surface area contributed by atoms with Crippen molar-refractivity contribution in [2.45, 2.75) is 48.4 Å². The van der Waals surface area contributed by atoms with Crippen LogP contribution in [-0.2, 0) is 0 Å². The van der Waals surface area contributed by atoms with E-state index in [0.717, 1.165) is 28.8 Å². The average Bonchev–Trinajstić information content (AvgIpc) is 3.16. The molecule has 0 amide bonds. The van der Waals surface area contributed by atoms with Crippen LogP contribution in [0.1, 0.15) is 38.5 Å². The Hall–Kier alpha value is -2.04. The van der Waals surface area contributed by atoms with Gasteiger partial charge >= 0.3 is 0 Å². The predicted octanol–water partition coefficient (Wildman–Crippen LogP) is 4.56. The van der Waals surface area contributed by atoms with Gasteiger partial charge in [-0.3, -0.25) is 0 Å². The third-order valence-electron chi connectivity index (χ3n) is 5.52. The Morgan fingerprint density at radius 2 is 1.78 bits per heavy atom. The fourth-order valence-electron chi connectivity index (χ4n) is 3.99. The Bertz CT molecular complexity index is 779. The summed E-state index contributed by atoms with van der Waals surface area (Å²) >= 11 is 7.65. The molecule has 0 atom stereocenters.